The minimum atomic E-state index is 0.482. The Hall–Kier alpha value is -7.60. The molecule has 0 radical (unpaired) electrons. The van der Waals surface area contributed by atoms with Crippen molar-refractivity contribution in [3.63, 3.8) is 0 Å². The molecule has 0 aliphatic heterocycles. The van der Waals surface area contributed by atoms with E-state index in [1.165, 1.54) is 5.56 Å². The van der Waals surface area contributed by atoms with E-state index < -0.39 is 0 Å². The first-order valence-corrected chi connectivity index (χ1v) is 18.5. The number of hydrogen-bond acceptors (Lipinski definition) is 4. The molecule has 0 aliphatic rings. The fourth-order valence-electron chi connectivity index (χ4n) is 6.53. The molecule has 0 saturated carbocycles. The number of para-hydroxylation sites is 2. The molecule has 0 amide bonds. The second kappa shape index (κ2) is 17.5. The quantitative estimate of drug-likeness (QED) is 0.0929. The lowest BCUT2D eigenvalue weighted by atomic mass is 10.0. The van der Waals surface area contributed by atoms with Gasteiger partial charge in [0.2, 0.25) is 0 Å². The predicted octanol–water partition coefficient (Wildman–Crippen LogP) is 14.1. The topological polar surface area (TPSA) is 43.9 Å². The van der Waals surface area contributed by atoms with Crippen LogP contribution in [0.5, 0.6) is 5.75 Å². The van der Waals surface area contributed by atoms with Gasteiger partial charge in [-0.05, 0) is 133 Å². The highest BCUT2D eigenvalue weighted by atomic mass is 16.5. The zero-order valence-corrected chi connectivity index (χ0v) is 31.4. The summed E-state index contributed by atoms with van der Waals surface area (Å²) in [4.78, 5) is 8.25. The van der Waals surface area contributed by atoms with Crippen LogP contribution >= 0.6 is 0 Å². The van der Waals surface area contributed by atoms with Crippen LogP contribution in [-0.2, 0) is 0 Å². The lowest BCUT2D eigenvalue weighted by molar-refractivity contribution is 0.340. The Labute approximate surface area is 329 Å². The summed E-state index contributed by atoms with van der Waals surface area (Å²) in [5, 5.41) is 10.1. The summed E-state index contributed by atoms with van der Waals surface area (Å²) in [6.45, 7) is 12.6. The Balaban J connectivity index is 1.10. The maximum absolute atomic E-state index is 10.1. The monoisotopic (exact) mass is 724 g/mol. The molecular weight excluding hydrogens is 685 g/mol. The van der Waals surface area contributed by atoms with Crippen molar-refractivity contribution in [1.82, 2.24) is 0 Å². The number of nitrogens with zero attached hydrogens (tertiary/aromatic N) is 4. The van der Waals surface area contributed by atoms with Crippen LogP contribution < -0.4 is 14.5 Å². The third-order valence-electron chi connectivity index (χ3n) is 9.38. The van der Waals surface area contributed by atoms with Crippen LogP contribution in [-0.4, -0.2) is 6.61 Å². The van der Waals surface area contributed by atoms with Crippen molar-refractivity contribution in [1.29, 1.82) is 5.26 Å². The Morgan fingerprint density at radius 1 is 0.554 bits per heavy atom. The molecule has 5 nitrogen and oxygen atoms in total. The molecule has 0 unspecified atom stereocenters. The number of benzene rings is 7. The highest BCUT2D eigenvalue weighted by Gasteiger charge is 2.14. The van der Waals surface area contributed by atoms with Gasteiger partial charge in [0.05, 0.1) is 24.8 Å². The van der Waals surface area contributed by atoms with E-state index in [4.69, 9.17) is 11.3 Å². The van der Waals surface area contributed by atoms with Gasteiger partial charge in [0, 0.05) is 34.1 Å². The lowest BCUT2D eigenvalue weighted by Gasteiger charge is -2.25. The third-order valence-corrected chi connectivity index (χ3v) is 9.38. The molecule has 0 spiro atoms. The van der Waals surface area contributed by atoms with Gasteiger partial charge in [-0.25, -0.2) is 4.85 Å². The summed E-state index contributed by atoms with van der Waals surface area (Å²) >= 11 is 0. The third kappa shape index (κ3) is 8.61. The maximum Gasteiger partial charge on any atom is 0.194 e. The van der Waals surface area contributed by atoms with Crippen molar-refractivity contribution in [2.45, 2.75) is 13.8 Å². The van der Waals surface area contributed by atoms with Crippen molar-refractivity contribution >= 4 is 64.1 Å². The molecule has 270 valence electrons. The molecule has 56 heavy (non-hydrogen) atoms. The highest BCUT2D eigenvalue weighted by Crippen LogP contribution is 2.37. The van der Waals surface area contributed by atoms with Gasteiger partial charge in [0.1, 0.15) is 5.75 Å². The van der Waals surface area contributed by atoms with Gasteiger partial charge in [0.15, 0.2) is 5.69 Å². The van der Waals surface area contributed by atoms with E-state index in [-0.39, 0.29) is 0 Å². The van der Waals surface area contributed by atoms with Crippen LogP contribution in [0.25, 0.3) is 29.1 Å². The highest BCUT2D eigenvalue weighted by molar-refractivity contribution is 5.84. The normalized spacial score (nSPS) is 10.9. The van der Waals surface area contributed by atoms with Crippen LogP contribution in [0.2, 0.25) is 0 Å². The molecule has 7 aromatic rings. The van der Waals surface area contributed by atoms with Crippen LogP contribution in [0.3, 0.4) is 0 Å². The van der Waals surface area contributed by atoms with Gasteiger partial charge in [-0.15, -0.1) is 0 Å². The van der Waals surface area contributed by atoms with Gasteiger partial charge in [-0.3, -0.25) is 0 Å². The smallest absolute Gasteiger partial charge is 0.194 e. The van der Waals surface area contributed by atoms with E-state index in [0.29, 0.717) is 29.0 Å². The molecule has 0 bridgehead atoms. The first-order chi connectivity index (χ1) is 27.5. The van der Waals surface area contributed by atoms with Crippen LogP contribution in [0.4, 0.5) is 39.8 Å². The lowest BCUT2D eigenvalue weighted by Crippen LogP contribution is -2.09. The molecule has 5 heteroatoms. The molecule has 0 heterocycles. The van der Waals surface area contributed by atoms with Crippen LogP contribution in [0, 0.1) is 24.8 Å². The summed E-state index contributed by atoms with van der Waals surface area (Å²) in [6, 6.07) is 59.7. The fraction of sp³-hybridized carbons (Fsp3) is 0.0588. The Morgan fingerprint density at radius 2 is 0.982 bits per heavy atom. The van der Waals surface area contributed by atoms with Gasteiger partial charge in [0.25, 0.3) is 0 Å². The average molecular weight is 725 g/mol. The summed E-state index contributed by atoms with van der Waals surface area (Å²) in [5.41, 5.74) is 11.8. The molecule has 7 rings (SSSR count). The summed E-state index contributed by atoms with van der Waals surface area (Å²) in [6.07, 6.45) is 7.77. The average Bonchev–Trinajstić information content (AvgIpc) is 3.25. The van der Waals surface area contributed by atoms with Gasteiger partial charge < -0.3 is 14.5 Å². The van der Waals surface area contributed by atoms with E-state index in [1.54, 1.807) is 12.1 Å². The predicted molar refractivity (Wildman–Crippen MR) is 233 cm³/mol. The zero-order valence-electron chi connectivity index (χ0n) is 31.4. The first kappa shape index (κ1) is 36.7. The molecule has 0 aliphatic carbocycles. The van der Waals surface area contributed by atoms with Crippen LogP contribution in [0.15, 0.2) is 170 Å². The van der Waals surface area contributed by atoms with Crippen molar-refractivity contribution in [3.05, 3.63) is 215 Å². The van der Waals surface area contributed by atoms with E-state index in [1.807, 2.05) is 79.8 Å². The number of rotatable bonds is 12. The molecule has 0 fully saturated rings. The van der Waals surface area contributed by atoms with E-state index in [9.17, 15) is 5.26 Å². The summed E-state index contributed by atoms with van der Waals surface area (Å²) < 4.78 is 5.67. The Morgan fingerprint density at radius 3 is 1.43 bits per heavy atom. The van der Waals surface area contributed by atoms with Gasteiger partial charge >= 0.3 is 0 Å². The van der Waals surface area contributed by atoms with E-state index in [0.717, 1.165) is 51.0 Å². The Bertz CT molecular complexity index is 2530. The second-order valence-corrected chi connectivity index (χ2v) is 13.2. The standard InChI is InChI=1S/C51H40N4O/c1-4-56-50-33-31-49(32-34-50)55(45-13-9-6-10-14-45)48-27-19-39(20-28-48)17-23-41-36-51(53-3)42(35-43(41)37-52)24-18-40-21-29-47(30-22-40)54(44-11-7-5-8-12-44)46-25-15-38(2)16-26-46/h5-36H,4H2,1-2H3/b23-17-,24-18-. The van der Waals surface area contributed by atoms with Crippen molar-refractivity contribution in [3.8, 4) is 11.8 Å². The number of hydrogen-bond donors (Lipinski definition) is 0. The van der Waals surface area contributed by atoms with E-state index >= 15 is 0 Å². The minimum absolute atomic E-state index is 0.482. The van der Waals surface area contributed by atoms with Gasteiger partial charge in [-0.1, -0.05) is 103 Å². The summed E-state index contributed by atoms with van der Waals surface area (Å²) in [7, 11) is 0. The molecule has 7 aromatic carbocycles. The fourth-order valence-corrected chi connectivity index (χ4v) is 6.53. The number of anilines is 6. The van der Waals surface area contributed by atoms with E-state index in [2.05, 4.69) is 137 Å². The molecule has 0 aromatic heterocycles. The molecule has 0 atom stereocenters. The van der Waals surface area contributed by atoms with Crippen molar-refractivity contribution in [2.24, 2.45) is 0 Å². The SMILES string of the molecule is [C-]#[N+]c1cc(/C=C\c2ccc(N(c3ccccc3)c3ccc(OCC)cc3)cc2)c(C#N)cc1/C=C\c1ccc(N(c2ccccc2)c2ccc(C)cc2)cc1. The number of nitriles is 1. The molecule has 0 saturated heterocycles. The van der Waals surface area contributed by atoms with Crippen LogP contribution in [0.1, 0.15) is 40.3 Å². The minimum Gasteiger partial charge on any atom is -0.494 e. The Kier molecular flexibility index (Phi) is 11.5. The second-order valence-electron chi connectivity index (χ2n) is 13.2. The maximum atomic E-state index is 10.1. The van der Waals surface area contributed by atoms with Gasteiger partial charge in [-0.2, -0.15) is 5.26 Å². The van der Waals surface area contributed by atoms with Crippen molar-refractivity contribution in [2.75, 3.05) is 16.4 Å². The largest absolute Gasteiger partial charge is 0.494 e. The number of ether oxygens (including phenoxy) is 1. The zero-order chi connectivity index (χ0) is 38.7. The van der Waals surface area contributed by atoms with Crippen molar-refractivity contribution < 1.29 is 4.74 Å². The summed E-state index contributed by atoms with van der Waals surface area (Å²) in [5.74, 6) is 0.836. The number of aryl methyl sites for hydroxylation is 1. The first-order valence-electron chi connectivity index (χ1n) is 18.5. The molecular formula is C51H40N4O. The molecule has 0 N–H and O–H groups in total.